The molecule has 1 heterocycles. The van der Waals surface area contributed by atoms with E-state index in [0.717, 1.165) is 6.20 Å². The van der Waals surface area contributed by atoms with Crippen LogP contribution < -0.4 is 0 Å². The van der Waals surface area contributed by atoms with Crippen LogP contribution in [0.5, 0.6) is 0 Å². The van der Waals surface area contributed by atoms with Crippen molar-refractivity contribution in [1.29, 1.82) is 0 Å². The number of carbonyl (C=O) groups is 2. The molecule has 16 heavy (non-hydrogen) atoms. The molecule has 1 unspecified atom stereocenters. The molecule has 0 bridgehead atoms. The Hall–Kier alpha value is -2.47. The minimum atomic E-state index is -0.814. The molecule has 82 valence electrons. The van der Waals surface area contributed by atoms with Gasteiger partial charge in [0.15, 0.2) is 0 Å². The van der Waals surface area contributed by atoms with Crippen LogP contribution in [0.4, 0.5) is 0 Å². The zero-order chi connectivity index (χ0) is 12.0. The van der Waals surface area contributed by atoms with E-state index in [9.17, 15) is 9.59 Å². The highest BCUT2D eigenvalue weighted by atomic mass is 16.5. The normalized spacial score (nSPS) is 11.1. The lowest BCUT2D eigenvalue weighted by Crippen LogP contribution is -2.05. The molecule has 0 aliphatic heterocycles. The van der Waals surface area contributed by atoms with Crippen LogP contribution in [-0.4, -0.2) is 22.3 Å². The van der Waals surface area contributed by atoms with Crippen molar-refractivity contribution in [2.45, 2.75) is 13.0 Å². The van der Waals surface area contributed by atoms with E-state index in [0.29, 0.717) is 12.2 Å². The standard InChI is InChI=1S/C8H7N5O3/c1-5(16-4-14)6-2-11-7(3-10-6)8(15)12-13-9/h2-5H,1H3. The van der Waals surface area contributed by atoms with Crippen LogP contribution >= 0.6 is 0 Å². The van der Waals surface area contributed by atoms with Gasteiger partial charge in [-0.2, -0.15) is 0 Å². The molecule has 0 spiro atoms. The molecule has 0 N–H and O–H groups in total. The van der Waals surface area contributed by atoms with Crippen LogP contribution in [0.25, 0.3) is 10.4 Å². The lowest BCUT2D eigenvalue weighted by molar-refractivity contribution is -0.133. The van der Waals surface area contributed by atoms with Gasteiger partial charge in [-0.25, -0.2) is 4.98 Å². The van der Waals surface area contributed by atoms with Gasteiger partial charge < -0.3 is 4.74 Å². The summed E-state index contributed by atoms with van der Waals surface area (Å²) in [6.07, 6.45) is 1.87. The molecular formula is C8H7N5O3. The fourth-order valence-corrected chi connectivity index (χ4v) is 0.903. The van der Waals surface area contributed by atoms with Crippen LogP contribution in [0.2, 0.25) is 0 Å². The van der Waals surface area contributed by atoms with Gasteiger partial charge in [0, 0.05) is 4.91 Å². The third-order valence-electron chi connectivity index (χ3n) is 1.70. The van der Waals surface area contributed by atoms with Crippen molar-refractivity contribution >= 4 is 12.4 Å². The van der Waals surface area contributed by atoms with E-state index in [1.807, 2.05) is 0 Å². The van der Waals surface area contributed by atoms with Gasteiger partial charge in [-0.05, 0) is 17.6 Å². The highest BCUT2D eigenvalue weighted by Gasteiger charge is 2.10. The van der Waals surface area contributed by atoms with Crippen LogP contribution in [0, 0.1) is 0 Å². The first kappa shape index (κ1) is 11.6. The average Bonchev–Trinajstić information content (AvgIpc) is 2.30. The van der Waals surface area contributed by atoms with Crippen molar-refractivity contribution in [3.8, 4) is 0 Å². The molecule has 0 aliphatic carbocycles. The molecule has 1 aromatic rings. The molecule has 1 atom stereocenters. The summed E-state index contributed by atoms with van der Waals surface area (Å²) in [5.74, 6) is -0.814. The number of amides is 1. The Bertz CT molecular complexity index is 437. The third-order valence-corrected chi connectivity index (χ3v) is 1.70. The maximum Gasteiger partial charge on any atom is 0.293 e. The molecule has 8 heteroatoms. The summed E-state index contributed by atoms with van der Waals surface area (Å²) in [6, 6.07) is 0. The molecule has 1 amide bonds. The Labute approximate surface area is 89.9 Å². The third kappa shape index (κ3) is 2.76. The SMILES string of the molecule is CC(OC=O)c1cnc(C(=O)N=[N+]=[N-])cn1. The lowest BCUT2D eigenvalue weighted by Gasteiger charge is -2.07. The highest BCUT2D eigenvalue weighted by molar-refractivity contribution is 5.92. The number of aromatic nitrogens is 2. The largest absolute Gasteiger partial charge is 0.458 e. The zero-order valence-corrected chi connectivity index (χ0v) is 8.27. The molecule has 0 saturated carbocycles. The number of azide groups is 1. The Balaban J connectivity index is 2.86. The van der Waals surface area contributed by atoms with Gasteiger partial charge in [0.1, 0.15) is 11.8 Å². The topological polar surface area (TPSA) is 118 Å². The molecule has 0 saturated heterocycles. The molecular weight excluding hydrogens is 214 g/mol. The van der Waals surface area contributed by atoms with Gasteiger partial charge in [0.25, 0.3) is 12.4 Å². The van der Waals surface area contributed by atoms with Gasteiger partial charge in [-0.1, -0.05) is 0 Å². The van der Waals surface area contributed by atoms with Gasteiger partial charge in [0.2, 0.25) is 0 Å². The number of nitrogens with zero attached hydrogens (tertiary/aromatic N) is 5. The van der Waals surface area contributed by atoms with E-state index in [2.05, 4.69) is 24.7 Å². The van der Waals surface area contributed by atoms with Crippen LogP contribution in [0.15, 0.2) is 17.5 Å². The average molecular weight is 221 g/mol. The predicted molar refractivity (Wildman–Crippen MR) is 51.1 cm³/mol. The fourth-order valence-electron chi connectivity index (χ4n) is 0.903. The number of ether oxygens (including phenoxy) is 1. The summed E-state index contributed by atoms with van der Waals surface area (Å²) in [6.45, 7) is 1.90. The Morgan fingerprint density at radius 1 is 1.62 bits per heavy atom. The molecule has 0 aromatic carbocycles. The van der Waals surface area contributed by atoms with Gasteiger partial charge in [-0.3, -0.25) is 14.6 Å². The van der Waals surface area contributed by atoms with E-state index in [4.69, 9.17) is 5.53 Å². The van der Waals surface area contributed by atoms with Gasteiger partial charge in [-0.15, -0.1) is 0 Å². The van der Waals surface area contributed by atoms with E-state index >= 15 is 0 Å². The Kier molecular flexibility index (Phi) is 3.93. The number of hydrogen-bond acceptors (Lipinski definition) is 5. The summed E-state index contributed by atoms with van der Waals surface area (Å²) >= 11 is 0. The second-order valence-electron chi connectivity index (χ2n) is 2.70. The minimum Gasteiger partial charge on any atom is -0.458 e. The summed E-state index contributed by atoms with van der Waals surface area (Å²) in [5.41, 5.74) is 8.36. The molecule has 0 aliphatic rings. The molecule has 0 fully saturated rings. The first-order valence-electron chi connectivity index (χ1n) is 4.19. The van der Waals surface area contributed by atoms with Crippen molar-refractivity contribution in [1.82, 2.24) is 9.97 Å². The zero-order valence-electron chi connectivity index (χ0n) is 8.27. The van der Waals surface area contributed by atoms with Gasteiger partial charge in [0.05, 0.1) is 18.1 Å². The second kappa shape index (κ2) is 5.42. The van der Waals surface area contributed by atoms with Crippen LogP contribution in [-0.2, 0) is 9.53 Å². The quantitative estimate of drug-likeness (QED) is 0.327. The smallest absolute Gasteiger partial charge is 0.293 e. The first-order chi connectivity index (χ1) is 7.69. The molecule has 8 nitrogen and oxygen atoms in total. The van der Waals surface area contributed by atoms with Crippen molar-refractivity contribution in [3.05, 3.63) is 34.2 Å². The summed E-state index contributed by atoms with van der Waals surface area (Å²) in [7, 11) is 0. The minimum absolute atomic E-state index is 0.0696. The van der Waals surface area contributed by atoms with Crippen molar-refractivity contribution in [3.63, 3.8) is 0 Å². The first-order valence-corrected chi connectivity index (χ1v) is 4.19. The summed E-state index contributed by atoms with van der Waals surface area (Å²) in [5, 5.41) is 2.86. The van der Waals surface area contributed by atoms with E-state index in [1.54, 1.807) is 6.92 Å². The van der Waals surface area contributed by atoms with Crippen LogP contribution in [0.1, 0.15) is 29.2 Å². The molecule has 0 radical (unpaired) electrons. The summed E-state index contributed by atoms with van der Waals surface area (Å²) < 4.78 is 4.63. The Morgan fingerprint density at radius 3 is 2.88 bits per heavy atom. The monoisotopic (exact) mass is 221 g/mol. The van der Waals surface area contributed by atoms with Crippen molar-refractivity contribution in [2.75, 3.05) is 0 Å². The van der Waals surface area contributed by atoms with E-state index in [1.165, 1.54) is 6.20 Å². The van der Waals surface area contributed by atoms with E-state index < -0.39 is 12.0 Å². The number of hydrogen-bond donors (Lipinski definition) is 0. The predicted octanol–water partition coefficient (Wildman–Crippen LogP) is 1.16. The van der Waals surface area contributed by atoms with Gasteiger partial charge >= 0.3 is 0 Å². The number of carbonyl (C=O) groups excluding carboxylic acids is 2. The maximum absolute atomic E-state index is 11.0. The Morgan fingerprint density at radius 2 is 2.38 bits per heavy atom. The van der Waals surface area contributed by atoms with E-state index in [-0.39, 0.29) is 5.69 Å². The van der Waals surface area contributed by atoms with Crippen molar-refractivity contribution in [2.24, 2.45) is 5.11 Å². The fraction of sp³-hybridized carbons (Fsp3) is 0.250. The number of rotatable bonds is 4. The maximum atomic E-state index is 11.0. The second-order valence-corrected chi connectivity index (χ2v) is 2.70. The molecule has 1 rings (SSSR count). The molecule has 1 aromatic heterocycles. The lowest BCUT2D eigenvalue weighted by atomic mass is 10.3. The summed E-state index contributed by atoms with van der Waals surface area (Å²) in [4.78, 5) is 31.0. The van der Waals surface area contributed by atoms with Crippen LogP contribution in [0.3, 0.4) is 0 Å². The van der Waals surface area contributed by atoms with Crippen molar-refractivity contribution < 1.29 is 14.3 Å². The highest BCUT2D eigenvalue weighted by Crippen LogP contribution is 2.11.